The molecule has 0 aliphatic heterocycles. The Bertz CT molecular complexity index is 557. The molecule has 0 spiro atoms. The maximum Gasteiger partial charge on any atom is 0.138 e. The summed E-state index contributed by atoms with van der Waals surface area (Å²) in [7, 11) is 0. The molecule has 0 fully saturated rings. The van der Waals surface area contributed by atoms with Gasteiger partial charge in [-0.3, -0.25) is 0 Å². The lowest BCUT2D eigenvalue weighted by atomic mass is 10.2. The van der Waals surface area contributed by atoms with Crippen LogP contribution >= 0.6 is 28.1 Å². The van der Waals surface area contributed by atoms with E-state index in [0.29, 0.717) is 18.1 Å². The minimum absolute atomic E-state index is 0.285. The van der Waals surface area contributed by atoms with E-state index in [0.717, 1.165) is 10.0 Å². The monoisotopic (exact) mass is 322 g/mol. The maximum atomic E-state index is 5.63. The Morgan fingerprint density at radius 1 is 1.28 bits per heavy atom. The minimum Gasteiger partial charge on any atom is -0.487 e. The number of hydrogen-bond donors (Lipinski definition) is 1. The van der Waals surface area contributed by atoms with Crippen LogP contribution in [0.3, 0.4) is 0 Å². The number of pyridine rings is 1. The summed E-state index contributed by atoms with van der Waals surface area (Å²) in [5, 5.41) is 0. The van der Waals surface area contributed by atoms with Gasteiger partial charge in [0.1, 0.15) is 17.3 Å². The number of benzene rings is 1. The standard InChI is InChI=1S/C13H11BrN2OS/c14-11-4-2-1-3-9(11)8-17-10-5-6-12(13(15)18)16-7-10/h1-7H,8H2,(H2,15,18). The van der Waals surface area contributed by atoms with Crippen LogP contribution in [0, 0.1) is 0 Å². The Balaban J connectivity index is 2.02. The molecule has 18 heavy (non-hydrogen) atoms. The van der Waals surface area contributed by atoms with Crippen LogP contribution in [0.5, 0.6) is 5.75 Å². The van der Waals surface area contributed by atoms with E-state index >= 15 is 0 Å². The average Bonchev–Trinajstić information content (AvgIpc) is 2.38. The number of nitrogens with two attached hydrogens (primary N) is 1. The molecule has 2 rings (SSSR count). The van der Waals surface area contributed by atoms with E-state index in [-0.39, 0.29) is 4.99 Å². The highest BCUT2D eigenvalue weighted by molar-refractivity contribution is 9.10. The van der Waals surface area contributed by atoms with Crippen molar-refractivity contribution in [3.63, 3.8) is 0 Å². The second kappa shape index (κ2) is 5.93. The predicted molar refractivity (Wildman–Crippen MR) is 78.6 cm³/mol. The zero-order valence-corrected chi connectivity index (χ0v) is 11.9. The lowest BCUT2D eigenvalue weighted by Gasteiger charge is -2.07. The van der Waals surface area contributed by atoms with Crippen LogP contribution in [0.4, 0.5) is 0 Å². The Morgan fingerprint density at radius 2 is 2.06 bits per heavy atom. The summed E-state index contributed by atoms with van der Waals surface area (Å²) in [5.41, 5.74) is 7.15. The molecule has 0 atom stereocenters. The van der Waals surface area contributed by atoms with E-state index in [2.05, 4.69) is 20.9 Å². The third kappa shape index (κ3) is 3.27. The molecule has 1 aromatic carbocycles. The van der Waals surface area contributed by atoms with Gasteiger partial charge in [0.15, 0.2) is 0 Å². The molecule has 3 nitrogen and oxygen atoms in total. The van der Waals surface area contributed by atoms with Crippen LogP contribution in [0.1, 0.15) is 11.3 Å². The SMILES string of the molecule is NC(=S)c1ccc(OCc2ccccc2Br)cn1. The van der Waals surface area contributed by atoms with Gasteiger partial charge in [-0.1, -0.05) is 46.3 Å². The van der Waals surface area contributed by atoms with Crippen LogP contribution < -0.4 is 10.5 Å². The highest BCUT2D eigenvalue weighted by Crippen LogP contribution is 2.18. The van der Waals surface area contributed by atoms with Crippen molar-refractivity contribution in [2.24, 2.45) is 5.73 Å². The van der Waals surface area contributed by atoms with E-state index < -0.39 is 0 Å². The van der Waals surface area contributed by atoms with Crippen molar-refractivity contribution in [3.05, 3.63) is 58.3 Å². The maximum absolute atomic E-state index is 5.63. The van der Waals surface area contributed by atoms with Crippen molar-refractivity contribution in [2.75, 3.05) is 0 Å². The number of ether oxygens (including phenoxy) is 1. The second-order valence-corrected chi connectivity index (χ2v) is 4.92. The summed E-state index contributed by atoms with van der Waals surface area (Å²) in [6, 6.07) is 11.5. The Morgan fingerprint density at radius 3 is 2.67 bits per heavy atom. The third-order valence-electron chi connectivity index (χ3n) is 2.34. The van der Waals surface area contributed by atoms with Crippen molar-refractivity contribution in [3.8, 4) is 5.75 Å². The number of nitrogens with zero attached hydrogens (tertiary/aromatic N) is 1. The van der Waals surface area contributed by atoms with Crippen molar-refractivity contribution >= 4 is 33.1 Å². The first-order valence-corrected chi connectivity index (χ1v) is 6.49. The Kier molecular flexibility index (Phi) is 4.28. The van der Waals surface area contributed by atoms with Crippen LogP contribution in [-0.2, 0) is 6.61 Å². The molecule has 0 saturated carbocycles. The summed E-state index contributed by atoms with van der Waals surface area (Å²) in [6.07, 6.45) is 1.62. The van der Waals surface area contributed by atoms with Crippen LogP contribution in [0.25, 0.3) is 0 Å². The van der Waals surface area contributed by atoms with Crippen LogP contribution in [0.2, 0.25) is 0 Å². The quantitative estimate of drug-likeness (QED) is 0.879. The normalized spacial score (nSPS) is 10.1. The van der Waals surface area contributed by atoms with Gasteiger partial charge >= 0.3 is 0 Å². The predicted octanol–water partition coefficient (Wildman–Crippen LogP) is 3.06. The van der Waals surface area contributed by atoms with Crippen LogP contribution in [0.15, 0.2) is 47.1 Å². The van der Waals surface area contributed by atoms with Crippen molar-refractivity contribution in [2.45, 2.75) is 6.61 Å². The number of halogens is 1. The first-order chi connectivity index (χ1) is 8.66. The molecule has 0 bridgehead atoms. The van der Waals surface area contributed by atoms with Gasteiger partial charge in [0, 0.05) is 10.0 Å². The summed E-state index contributed by atoms with van der Waals surface area (Å²) >= 11 is 8.30. The molecular formula is C13H11BrN2OS. The molecule has 1 aromatic heterocycles. The lowest BCUT2D eigenvalue weighted by molar-refractivity contribution is 0.304. The van der Waals surface area contributed by atoms with Gasteiger partial charge in [-0.15, -0.1) is 0 Å². The topological polar surface area (TPSA) is 48.1 Å². The van der Waals surface area contributed by atoms with Crippen molar-refractivity contribution < 1.29 is 4.74 Å². The summed E-state index contributed by atoms with van der Waals surface area (Å²) < 4.78 is 6.66. The van der Waals surface area contributed by atoms with Crippen LogP contribution in [-0.4, -0.2) is 9.97 Å². The summed E-state index contributed by atoms with van der Waals surface area (Å²) in [4.78, 5) is 4.39. The smallest absolute Gasteiger partial charge is 0.138 e. The van der Waals surface area contributed by atoms with E-state index in [1.54, 1.807) is 18.3 Å². The molecule has 0 radical (unpaired) electrons. The van der Waals surface area contributed by atoms with Crippen molar-refractivity contribution in [1.29, 1.82) is 0 Å². The number of thiocarbonyl (C=S) groups is 1. The molecule has 2 N–H and O–H groups in total. The molecule has 92 valence electrons. The molecular weight excluding hydrogens is 312 g/mol. The molecule has 5 heteroatoms. The fourth-order valence-corrected chi connectivity index (χ4v) is 1.91. The fourth-order valence-electron chi connectivity index (χ4n) is 1.39. The molecule has 0 aliphatic rings. The summed E-state index contributed by atoms with van der Waals surface area (Å²) in [5.74, 6) is 0.686. The zero-order valence-electron chi connectivity index (χ0n) is 9.47. The Labute approximate surface area is 119 Å². The second-order valence-electron chi connectivity index (χ2n) is 3.62. The molecule has 0 amide bonds. The molecule has 0 aliphatic carbocycles. The van der Waals surface area contributed by atoms with Gasteiger partial charge in [0.25, 0.3) is 0 Å². The van der Waals surface area contributed by atoms with E-state index in [4.69, 9.17) is 22.7 Å². The van der Waals surface area contributed by atoms with Gasteiger partial charge in [-0.25, -0.2) is 4.98 Å². The van der Waals surface area contributed by atoms with E-state index in [1.807, 2.05) is 24.3 Å². The largest absolute Gasteiger partial charge is 0.487 e. The van der Waals surface area contributed by atoms with Gasteiger partial charge in [-0.2, -0.15) is 0 Å². The highest BCUT2D eigenvalue weighted by Gasteiger charge is 2.02. The number of hydrogen-bond acceptors (Lipinski definition) is 3. The highest BCUT2D eigenvalue weighted by atomic mass is 79.9. The number of aromatic nitrogens is 1. The lowest BCUT2D eigenvalue weighted by Crippen LogP contribution is -2.11. The third-order valence-corrected chi connectivity index (χ3v) is 3.32. The fraction of sp³-hybridized carbons (Fsp3) is 0.0769. The molecule has 2 aromatic rings. The zero-order chi connectivity index (χ0) is 13.0. The van der Waals surface area contributed by atoms with E-state index in [1.165, 1.54) is 0 Å². The Hall–Kier alpha value is -1.46. The first kappa shape index (κ1) is 13.0. The van der Waals surface area contributed by atoms with Crippen molar-refractivity contribution in [1.82, 2.24) is 4.98 Å². The molecule has 0 unspecified atom stereocenters. The minimum atomic E-state index is 0.285. The summed E-state index contributed by atoms with van der Waals surface area (Å²) in [6.45, 7) is 0.482. The molecule has 0 saturated heterocycles. The average molecular weight is 323 g/mol. The van der Waals surface area contributed by atoms with Gasteiger partial charge in [0.05, 0.1) is 11.9 Å². The molecule has 1 heterocycles. The number of rotatable bonds is 4. The van der Waals surface area contributed by atoms with Gasteiger partial charge in [0.2, 0.25) is 0 Å². The van der Waals surface area contributed by atoms with Gasteiger partial charge in [-0.05, 0) is 18.2 Å². The van der Waals surface area contributed by atoms with E-state index in [9.17, 15) is 0 Å². The van der Waals surface area contributed by atoms with Gasteiger partial charge < -0.3 is 10.5 Å². The first-order valence-electron chi connectivity index (χ1n) is 5.29.